The molecule has 0 rings (SSSR count). The highest BCUT2D eigenvalue weighted by atomic mass is 31.3. The predicted molar refractivity (Wildman–Crippen MR) is 90.4 cm³/mol. The molecule has 0 fully saturated rings. The van der Waals surface area contributed by atoms with Gasteiger partial charge in [-0.15, -0.1) is 0 Å². The molecular formula is C14H26O8P2. The highest BCUT2D eigenvalue weighted by Gasteiger charge is 2.33. The molecule has 24 heavy (non-hydrogen) atoms. The first kappa shape index (κ1) is 23.4. The number of carbonyl (C=O) groups is 1. The maximum absolute atomic E-state index is 11.4. The molecule has 2 atom stereocenters. The van der Waals surface area contributed by atoms with Gasteiger partial charge in [0.05, 0.1) is 6.61 Å². The maximum atomic E-state index is 11.4. The average molecular weight is 384 g/mol. The number of hydrogen-bond donors (Lipinski definition) is 2. The van der Waals surface area contributed by atoms with E-state index in [9.17, 15) is 18.8 Å². The van der Waals surface area contributed by atoms with Gasteiger partial charge in [-0.2, -0.15) is 4.31 Å². The molecule has 0 saturated heterocycles. The minimum Gasteiger partial charge on any atom is -0.302 e. The smallest absolute Gasteiger partial charge is 0.302 e. The monoisotopic (exact) mass is 384 g/mol. The molecule has 0 bridgehead atoms. The first-order valence-electron chi connectivity index (χ1n) is 7.35. The first-order chi connectivity index (χ1) is 11.0. The molecule has 0 radical (unpaired) electrons. The molecule has 0 saturated carbocycles. The van der Waals surface area contributed by atoms with E-state index in [1.807, 2.05) is 19.9 Å². The maximum Gasteiger partial charge on any atom is 0.481 e. The van der Waals surface area contributed by atoms with Crippen LogP contribution in [-0.4, -0.2) is 29.3 Å². The van der Waals surface area contributed by atoms with Gasteiger partial charge in [-0.25, -0.2) is 9.13 Å². The first-order valence-corrected chi connectivity index (χ1v) is 10.3. The summed E-state index contributed by atoms with van der Waals surface area (Å²) in [6.45, 7) is 5.12. The SMILES string of the molecule is COP(=O)(O)OP(=O)(O)OC/C=C(\C)CC/C=C(\C)CCC(C)=O. The molecule has 8 nitrogen and oxygen atoms in total. The largest absolute Gasteiger partial charge is 0.481 e. The van der Waals surface area contributed by atoms with Gasteiger partial charge in [-0.05, 0) is 40.0 Å². The molecule has 0 aromatic carbocycles. The summed E-state index contributed by atoms with van der Waals surface area (Å²) >= 11 is 0. The summed E-state index contributed by atoms with van der Waals surface area (Å²) in [6.07, 6.45) is 6.39. The Bertz CT molecular complexity index is 567. The van der Waals surface area contributed by atoms with Gasteiger partial charge < -0.3 is 14.6 Å². The molecule has 0 aliphatic heterocycles. The van der Waals surface area contributed by atoms with Gasteiger partial charge >= 0.3 is 15.6 Å². The second kappa shape index (κ2) is 11.1. The number of ketones is 1. The van der Waals surface area contributed by atoms with Crippen molar-refractivity contribution < 1.29 is 37.1 Å². The third-order valence-corrected chi connectivity index (χ3v) is 5.60. The van der Waals surface area contributed by atoms with Gasteiger partial charge in [0.1, 0.15) is 5.78 Å². The Hall–Kier alpha value is -0.590. The lowest BCUT2D eigenvalue weighted by atomic mass is 10.1. The van der Waals surface area contributed by atoms with E-state index in [2.05, 4.69) is 13.4 Å². The van der Waals surface area contributed by atoms with Gasteiger partial charge in [0.15, 0.2) is 0 Å². The van der Waals surface area contributed by atoms with Crippen LogP contribution in [0, 0.1) is 0 Å². The third kappa shape index (κ3) is 12.8. The van der Waals surface area contributed by atoms with E-state index in [1.165, 1.54) is 0 Å². The second-order valence-corrected chi connectivity index (χ2v) is 8.49. The van der Waals surface area contributed by atoms with Crippen molar-refractivity contribution in [1.29, 1.82) is 0 Å². The fraction of sp³-hybridized carbons (Fsp3) is 0.643. The molecule has 2 unspecified atom stereocenters. The van der Waals surface area contributed by atoms with Crippen LogP contribution < -0.4 is 0 Å². The normalized spacial score (nSPS) is 18.1. The van der Waals surface area contributed by atoms with E-state index in [1.54, 1.807) is 13.0 Å². The number of phosphoric ester groups is 2. The van der Waals surface area contributed by atoms with Gasteiger partial charge in [-0.3, -0.25) is 9.05 Å². The van der Waals surface area contributed by atoms with Crippen LogP contribution >= 0.6 is 15.6 Å². The minimum atomic E-state index is -4.67. The quantitative estimate of drug-likeness (QED) is 0.384. The molecule has 0 aromatic heterocycles. The van der Waals surface area contributed by atoms with Crippen molar-refractivity contribution in [2.24, 2.45) is 0 Å². The lowest BCUT2D eigenvalue weighted by Crippen LogP contribution is -1.96. The lowest BCUT2D eigenvalue weighted by Gasteiger charge is -2.13. The summed E-state index contributed by atoms with van der Waals surface area (Å²) in [7, 11) is -8.39. The van der Waals surface area contributed by atoms with E-state index in [0.29, 0.717) is 12.8 Å². The molecule has 10 heteroatoms. The highest BCUT2D eigenvalue weighted by molar-refractivity contribution is 7.61. The van der Waals surface area contributed by atoms with Crippen molar-refractivity contribution in [2.75, 3.05) is 13.7 Å². The molecule has 140 valence electrons. The highest BCUT2D eigenvalue weighted by Crippen LogP contribution is 2.59. The van der Waals surface area contributed by atoms with Crippen LogP contribution in [-0.2, 0) is 27.3 Å². The van der Waals surface area contributed by atoms with E-state index < -0.39 is 15.6 Å². The van der Waals surface area contributed by atoms with Crippen LogP contribution in [0.2, 0.25) is 0 Å². The van der Waals surface area contributed by atoms with E-state index in [0.717, 1.165) is 31.1 Å². The van der Waals surface area contributed by atoms with E-state index >= 15 is 0 Å². The molecule has 0 spiro atoms. The number of hydrogen-bond acceptors (Lipinski definition) is 6. The van der Waals surface area contributed by atoms with Crippen LogP contribution in [0.1, 0.15) is 46.5 Å². The Morgan fingerprint density at radius 3 is 2.08 bits per heavy atom. The van der Waals surface area contributed by atoms with Gasteiger partial charge in [0.2, 0.25) is 0 Å². The zero-order chi connectivity index (χ0) is 18.8. The van der Waals surface area contributed by atoms with Crippen molar-refractivity contribution in [1.82, 2.24) is 0 Å². The molecule has 2 N–H and O–H groups in total. The Morgan fingerprint density at radius 1 is 0.958 bits per heavy atom. The van der Waals surface area contributed by atoms with Gasteiger partial charge in [0, 0.05) is 13.5 Å². The summed E-state index contributed by atoms with van der Waals surface area (Å²) < 4.78 is 35.1. The Labute approximate surface area is 142 Å². The van der Waals surface area contributed by atoms with Crippen molar-refractivity contribution in [3.63, 3.8) is 0 Å². The Balaban J connectivity index is 4.24. The summed E-state index contributed by atoms with van der Waals surface area (Å²) in [6, 6.07) is 0. The van der Waals surface area contributed by atoms with Crippen LogP contribution in [0.4, 0.5) is 0 Å². The number of rotatable bonds is 12. The molecular weight excluding hydrogens is 358 g/mol. The summed E-state index contributed by atoms with van der Waals surface area (Å²) in [5.74, 6) is 0.160. The predicted octanol–water partition coefficient (Wildman–Crippen LogP) is 3.91. The zero-order valence-electron chi connectivity index (χ0n) is 14.4. The molecule has 0 aromatic rings. The van der Waals surface area contributed by atoms with Crippen LogP contribution in [0.25, 0.3) is 0 Å². The zero-order valence-corrected chi connectivity index (χ0v) is 16.2. The Morgan fingerprint density at radius 2 is 1.54 bits per heavy atom. The van der Waals surface area contributed by atoms with E-state index in [-0.39, 0.29) is 12.4 Å². The van der Waals surface area contributed by atoms with E-state index in [4.69, 9.17) is 4.89 Å². The topological polar surface area (TPSA) is 119 Å². The van der Waals surface area contributed by atoms with Crippen molar-refractivity contribution >= 4 is 21.4 Å². The second-order valence-electron chi connectivity index (χ2n) is 5.34. The van der Waals surface area contributed by atoms with Gasteiger partial charge in [0.25, 0.3) is 0 Å². The molecule has 0 heterocycles. The van der Waals surface area contributed by atoms with Gasteiger partial charge in [-0.1, -0.05) is 23.3 Å². The van der Waals surface area contributed by atoms with Crippen LogP contribution in [0.15, 0.2) is 23.3 Å². The lowest BCUT2D eigenvalue weighted by molar-refractivity contribution is -0.116. The number of allylic oxidation sites excluding steroid dienone is 3. The average Bonchev–Trinajstić information content (AvgIpc) is 2.43. The van der Waals surface area contributed by atoms with Crippen LogP contribution in [0.5, 0.6) is 0 Å². The number of Topliss-reactive ketones (excluding diaryl/α,β-unsaturated/α-hetero) is 1. The number of carbonyl (C=O) groups excluding carboxylic acids is 1. The summed E-state index contributed by atoms with van der Waals surface area (Å²) in [5, 5.41) is 0. The fourth-order valence-corrected chi connectivity index (χ4v) is 3.35. The summed E-state index contributed by atoms with van der Waals surface area (Å²) in [4.78, 5) is 29.1. The van der Waals surface area contributed by atoms with Crippen molar-refractivity contribution in [2.45, 2.75) is 46.5 Å². The third-order valence-electron chi connectivity index (χ3n) is 3.01. The molecule has 0 aliphatic carbocycles. The van der Waals surface area contributed by atoms with Crippen LogP contribution in [0.3, 0.4) is 0 Å². The standard InChI is InChI=1S/C14H26O8P2/c1-12(8-9-14(3)15)6-5-7-13(2)10-11-21-24(18,19)22-23(16,17)20-4/h6,10H,5,7-9,11H2,1-4H3,(H,16,17)(H,18,19)/b12-6+,13-10+. The van der Waals surface area contributed by atoms with Crippen molar-refractivity contribution in [3.05, 3.63) is 23.3 Å². The molecule has 0 amide bonds. The molecule has 0 aliphatic rings. The minimum absolute atomic E-state index is 0.160. The number of phosphoric acid groups is 2. The van der Waals surface area contributed by atoms with Crippen molar-refractivity contribution in [3.8, 4) is 0 Å². The Kier molecular flexibility index (Phi) is 10.8. The fourth-order valence-electron chi connectivity index (χ4n) is 1.58. The summed E-state index contributed by atoms with van der Waals surface area (Å²) in [5.41, 5.74) is 2.06.